The summed E-state index contributed by atoms with van der Waals surface area (Å²) in [5, 5.41) is 7.89. The smallest absolute Gasteiger partial charge is 0.245 e. The average molecular weight is 440 g/mol. The Morgan fingerprint density at radius 1 is 1.26 bits per heavy atom. The second-order valence-corrected chi connectivity index (χ2v) is 9.88. The van der Waals surface area contributed by atoms with Crippen molar-refractivity contribution in [2.75, 3.05) is 13.1 Å². The monoisotopic (exact) mass is 439 g/mol. The number of likely N-dealkylation sites (tertiary alicyclic amines) is 1. The zero-order valence-electron chi connectivity index (χ0n) is 18.0. The van der Waals surface area contributed by atoms with Crippen molar-refractivity contribution in [1.29, 1.82) is 0 Å². The molecule has 3 amide bonds. The first kappa shape index (κ1) is 21.6. The van der Waals surface area contributed by atoms with Crippen LogP contribution < -0.4 is 10.6 Å². The number of amides is 3. The molecule has 31 heavy (non-hydrogen) atoms. The number of thiophene rings is 1. The molecule has 0 bridgehead atoms. The van der Waals surface area contributed by atoms with E-state index in [2.05, 4.69) is 46.3 Å². The Kier molecular flexibility index (Phi) is 6.14. The van der Waals surface area contributed by atoms with Crippen LogP contribution in [-0.2, 0) is 20.8 Å². The zero-order valence-corrected chi connectivity index (χ0v) is 18.8. The summed E-state index contributed by atoms with van der Waals surface area (Å²) in [4.78, 5) is 40.7. The van der Waals surface area contributed by atoms with Gasteiger partial charge in [0.15, 0.2) is 0 Å². The largest absolute Gasteiger partial charge is 0.353 e. The van der Waals surface area contributed by atoms with E-state index >= 15 is 0 Å². The van der Waals surface area contributed by atoms with Gasteiger partial charge in [-0.25, -0.2) is 0 Å². The van der Waals surface area contributed by atoms with Gasteiger partial charge in [0.1, 0.15) is 6.04 Å². The lowest BCUT2D eigenvalue weighted by atomic mass is 9.79. The zero-order chi connectivity index (χ0) is 22.0. The molecule has 0 aliphatic carbocycles. The van der Waals surface area contributed by atoms with E-state index in [9.17, 15) is 14.4 Å². The highest BCUT2D eigenvalue weighted by Gasteiger charge is 2.47. The number of nitrogens with one attached hydrogen (secondary N) is 2. The molecule has 2 saturated heterocycles. The number of carbonyl (C=O) groups is 3. The summed E-state index contributed by atoms with van der Waals surface area (Å²) in [6, 6.07) is 12.1. The molecule has 2 aliphatic rings. The average Bonchev–Trinajstić information content (AvgIpc) is 3.49. The summed E-state index contributed by atoms with van der Waals surface area (Å²) < 4.78 is 0. The molecule has 2 fully saturated rings. The molecule has 0 radical (unpaired) electrons. The van der Waals surface area contributed by atoms with Crippen LogP contribution in [0, 0.1) is 5.41 Å². The maximum absolute atomic E-state index is 13.3. The lowest BCUT2D eigenvalue weighted by Gasteiger charge is -2.30. The van der Waals surface area contributed by atoms with Crippen molar-refractivity contribution < 1.29 is 14.4 Å². The Hall–Kier alpha value is -2.67. The van der Waals surface area contributed by atoms with Crippen LogP contribution in [0.3, 0.4) is 0 Å². The fraction of sp³-hybridized carbons (Fsp3) is 0.458. The molecule has 3 heterocycles. The summed E-state index contributed by atoms with van der Waals surface area (Å²) >= 11 is 1.70. The van der Waals surface area contributed by atoms with E-state index in [0.29, 0.717) is 38.8 Å². The number of benzene rings is 1. The number of rotatable bonds is 6. The molecule has 2 N–H and O–H groups in total. The third-order valence-electron chi connectivity index (χ3n) is 6.16. The van der Waals surface area contributed by atoms with Crippen LogP contribution in [0.15, 0.2) is 41.8 Å². The van der Waals surface area contributed by atoms with Crippen LogP contribution in [0.2, 0.25) is 0 Å². The van der Waals surface area contributed by atoms with Crippen LogP contribution in [0.25, 0.3) is 10.4 Å². The van der Waals surface area contributed by atoms with Gasteiger partial charge in [0, 0.05) is 30.4 Å². The highest BCUT2D eigenvalue weighted by Crippen LogP contribution is 2.36. The van der Waals surface area contributed by atoms with Crippen molar-refractivity contribution in [3.63, 3.8) is 0 Å². The predicted octanol–water partition coefficient (Wildman–Crippen LogP) is 2.98. The predicted molar refractivity (Wildman–Crippen MR) is 122 cm³/mol. The van der Waals surface area contributed by atoms with Crippen molar-refractivity contribution >= 4 is 29.1 Å². The third-order valence-corrected chi connectivity index (χ3v) is 7.08. The lowest BCUT2D eigenvalue weighted by Crippen LogP contribution is -2.49. The molecule has 1 aromatic heterocycles. The standard InChI is InChI=1S/C24H29N3O3S/c1-16(2)25-23(30)24(11-12-27(15-24)22(29)19-9-10-21(28)26-19)14-17-5-7-18(8-6-17)20-4-3-13-31-20/h3-8,13,16,19H,9-12,14-15H2,1-2H3,(H,25,30)(H,26,28). The summed E-state index contributed by atoms with van der Waals surface area (Å²) in [5.41, 5.74) is 1.59. The lowest BCUT2D eigenvalue weighted by molar-refractivity contribution is -0.135. The quantitative estimate of drug-likeness (QED) is 0.726. The molecule has 6 nitrogen and oxygen atoms in total. The SMILES string of the molecule is CC(C)NC(=O)C1(Cc2ccc(-c3cccs3)cc2)CCN(C(=O)C2CCC(=O)N2)C1. The first-order valence-corrected chi connectivity index (χ1v) is 11.8. The van der Waals surface area contributed by atoms with Crippen LogP contribution in [0.4, 0.5) is 0 Å². The van der Waals surface area contributed by atoms with Gasteiger partial charge in [0.05, 0.1) is 5.41 Å². The number of carbonyl (C=O) groups excluding carboxylic acids is 3. The maximum atomic E-state index is 13.3. The van der Waals surface area contributed by atoms with Gasteiger partial charge in [-0.1, -0.05) is 30.3 Å². The topological polar surface area (TPSA) is 78.5 Å². The van der Waals surface area contributed by atoms with Crippen LogP contribution >= 0.6 is 11.3 Å². The fourth-order valence-electron chi connectivity index (χ4n) is 4.53. The van der Waals surface area contributed by atoms with Crippen LogP contribution in [0.1, 0.15) is 38.7 Å². The van der Waals surface area contributed by atoms with E-state index in [0.717, 1.165) is 5.56 Å². The Balaban J connectivity index is 1.52. The first-order chi connectivity index (χ1) is 14.9. The van der Waals surface area contributed by atoms with Gasteiger partial charge in [-0.15, -0.1) is 11.3 Å². The van der Waals surface area contributed by atoms with Crippen molar-refractivity contribution in [2.24, 2.45) is 5.41 Å². The highest BCUT2D eigenvalue weighted by atomic mass is 32.1. The molecule has 164 valence electrons. The van der Waals surface area contributed by atoms with E-state index in [1.807, 2.05) is 19.9 Å². The van der Waals surface area contributed by atoms with Gasteiger partial charge < -0.3 is 15.5 Å². The Labute approximate surface area is 187 Å². The second-order valence-electron chi connectivity index (χ2n) is 8.93. The molecule has 0 saturated carbocycles. The van der Waals surface area contributed by atoms with Crippen molar-refractivity contribution in [3.05, 3.63) is 47.3 Å². The number of hydrogen-bond acceptors (Lipinski definition) is 4. The summed E-state index contributed by atoms with van der Waals surface area (Å²) in [6.45, 7) is 4.81. The summed E-state index contributed by atoms with van der Waals surface area (Å²) in [5.74, 6) is -0.152. The minimum atomic E-state index is -0.660. The molecular formula is C24H29N3O3S. The molecule has 4 rings (SSSR count). The highest BCUT2D eigenvalue weighted by molar-refractivity contribution is 7.13. The van der Waals surface area contributed by atoms with Gasteiger partial charge in [0.2, 0.25) is 17.7 Å². The van der Waals surface area contributed by atoms with E-state index < -0.39 is 11.5 Å². The van der Waals surface area contributed by atoms with Gasteiger partial charge in [0.25, 0.3) is 0 Å². The van der Waals surface area contributed by atoms with Gasteiger partial charge in [-0.2, -0.15) is 0 Å². The molecule has 2 unspecified atom stereocenters. The minimum Gasteiger partial charge on any atom is -0.353 e. The number of hydrogen-bond donors (Lipinski definition) is 2. The second kappa shape index (κ2) is 8.83. The van der Waals surface area contributed by atoms with Gasteiger partial charge >= 0.3 is 0 Å². The minimum absolute atomic E-state index is 0.00408. The molecular weight excluding hydrogens is 410 g/mol. The molecule has 7 heteroatoms. The summed E-state index contributed by atoms with van der Waals surface area (Å²) in [7, 11) is 0. The summed E-state index contributed by atoms with van der Waals surface area (Å²) in [6.07, 6.45) is 2.12. The van der Waals surface area contributed by atoms with Crippen molar-refractivity contribution in [2.45, 2.75) is 51.6 Å². The Morgan fingerprint density at radius 2 is 2.03 bits per heavy atom. The maximum Gasteiger partial charge on any atom is 0.245 e. The molecule has 1 aromatic carbocycles. The molecule has 2 aromatic rings. The Morgan fingerprint density at radius 3 is 2.65 bits per heavy atom. The van der Waals surface area contributed by atoms with Gasteiger partial charge in [-0.05, 0) is 55.7 Å². The Bertz CT molecular complexity index is 955. The van der Waals surface area contributed by atoms with Crippen LogP contribution in [-0.4, -0.2) is 47.8 Å². The van der Waals surface area contributed by atoms with Crippen molar-refractivity contribution in [3.8, 4) is 10.4 Å². The molecule has 2 atom stereocenters. The van der Waals surface area contributed by atoms with Gasteiger partial charge in [-0.3, -0.25) is 14.4 Å². The fourth-order valence-corrected chi connectivity index (χ4v) is 5.26. The van der Waals surface area contributed by atoms with E-state index in [4.69, 9.17) is 0 Å². The van der Waals surface area contributed by atoms with Crippen molar-refractivity contribution in [1.82, 2.24) is 15.5 Å². The number of nitrogens with zero attached hydrogens (tertiary/aromatic N) is 1. The first-order valence-electron chi connectivity index (χ1n) is 10.9. The third kappa shape index (κ3) is 4.66. The molecule has 0 spiro atoms. The van der Waals surface area contributed by atoms with E-state index in [1.165, 1.54) is 10.4 Å². The van der Waals surface area contributed by atoms with E-state index in [-0.39, 0.29) is 23.8 Å². The van der Waals surface area contributed by atoms with E-state index in [1.54, 1.807) is 16.2 Å². The molecule has 2 aliphatic heterocycles. The van der Waals surface area contributed by atoms with Crippen LogP contribution in [0.5, 0.6) is 0 Å². The normalized spacial score (nSPS) is 23.3.